The summed E-state index contributed by atoms with van der Waals surface area (Å²) in [6.45, 7) is 34.2. The van der Waals surface area contributed by atoms with Crippen LogP contribution < -0.4 is 40.2 Å². The molecule has 0 amide bonds. The van der Waals surface area contributed by atoms with Crippen molar-refractivity contribution < 1.29 is 25.8 Å². The van der Waals surface area contributed by atoms with Gasteiger partial charge in [-0.1, -0.05) is 227 Å². The van der Waals surface area contributed by atoms with E-state index in [1.807, 2.05) is 12.3 Å². The van der Waals surface area contributed by atoms with E-state index in [1.165, 1.54) is 81.9 Å². The molecule has 430 valence electrons. The summed E-state index contributed by atoms with van der Waals surface area (Å²) in [5.41, 5.74) is 20.9. The van der Waals surface area contributed by atoms with Gasteiger partial charge < -0.3 is 19.4 Å². The second kappa shape index (κ2) is 21.0. The first-order valence-corrected chi connectivity index (χ1v) is 31.8. The molecule has 13 rings (SSSR count). The Bertz CT molecular complexity index is 4180. The van der Waals surface area contributed by atoms with Crippen LogP contribution in [0.5, 0.6) is 11.5 Å². The molecule has 0 fully saturated rings. The molecule has 3 aliphatic rings. The first-order valence-electron chi connectivity index (χ1n) is 29.8. The normalized spacial score (nSPS) is 14.1. The average Bonchev–Trinajstić information content (AvgIpc) is 1.61. The standard InChI is InChI=1S/C78H75N4OSi.Pt/c1-50-32-35-69-63(40-50)64-41-51(2)33-36-70(64)84(69)71-31-18-17-30-67(71)82(73-46-55(38-39-79-73)76(6,7)8)68-48-60(34-37-72(68)84)83-59-25-20-24-58(47-59)80-49-81(66-29-16-15-28-65(66)80)74-61(52-22-19-23-54(42-52)75(3,4)5)26-21-27-62(74)53-43-56(77(9,10)11)45-57(44-53)78(12,13)14;/h15-46,49H,1-14H3;/q-3;. The number of fused-ring (bicyclic) bond motifs is 10. The molecular formula is C78H75N4OPtSi-3. The number of aromatic nitrogens is 1. The van der Waals surface area contributed by atoms with Crippen LogP contribution in [0.1, 0.15) is 116 Å². The van der Waals surface area contributed by atoms with Crippen LogP contribution in [-0.4, -0.2) is 13.1 Å². The van der Waals surface area contributed by atoms with E-state index in [-0.39, 0.29) is 42.7 Å². The molecule has 85 heavy (non-hydrogen) atoms. The van der Waals surface area contributed by atoms with Crippen LogP contribution in [0, 0.1) is 32.6 Å². The Morgan fingerprint density at radius 2 is 0.953 bits per heavy atom. The van der Waals surface area contributed by atoms with Crippen molar-refractivity contribution in [3.8, 4) is 44.9 Å². The zero-order chi connectivity index (χ0) is 58.8. The van der Waals surface area contributed by atoms with Crippen molar-refractivity contribution in [2.24, 2.45) is 0 Å². The van der Waals surface area contributed by atoms with Crippen molar-refractivity contribution in [2.45, 2.75) is 119 Å². The number of nitrogens with zero attached hydrogens (tertiary/aromatic N) is 4. The van der Waals surface area contributed by atoms with Gasteiger partial charge in [0.05, 0.1) is 0 Å². The average molecular weight is 1310 g/mol. The fourth-order valence-corrected chi connectivity index (χ4v) is 18.4. The maximum Gasteiger partial charge on any atom is 0.135 e. The minimum Gasteiger partial charge on any atom is -0.509 e. The molecule has 5 nitrogen and oxygen atoms in total. The molecule has 0 aliphatic carbocycles. The summed E-state index contributed by atoms with van der Waals surface area (Å²) in [5, 5.41) is 5.40. The van der Waals surface area contributed by atoms with Gasteiger partial charge in [-0.05, 0) is 126 Å². The number of pyridine rings is 1. The largest absolute Gasteiger partial charge is 0.509 e. The van der Waals surface area contributed by atoms with Crippen molar-refractivity contribution in [2.75, 3.05) is 14.7 Å². The third kappa shape index (κ3) is 9.97. The predicted octanol–water partition coefficient (Wildman–Crippen LogP) is 18.2. The number of anilines is 7. The van der Waals surface area contributed by atoms with Gasteiger partial charge in [0, 0.05) is 72.6 Å². The van der Waals surface area contributed by atoms with Crippen LogP contribution >= 0.6 is 0 Å². The molecule has 0 unspecified atom stereocenters. The third-order valence-electron chi connectivity index (χ3n) is 17.5. The number of ether oxygens (including phenoxy) is 1. The van der Waals surface area contributed by atoms with Gasteiger partial charge in [0.1, 0.15) is 13.9 Å². The van der Waals surface area contributed by atoms with Crippen LogP contribution in [0.2, 0.25) is 0 Å². The van der Waals surface area contributed by atoms with Crippen LogP contribution in [0.15, 0.2) is 194 Å². The van der Waals surface area contributed by atoms with Gasteiger partial charge in [0.15, 0.2) is 0 Å². The van der Waals surface area contributed by atoms with Crippen LogP contribution in [0.25, 0.3) is 33.4 Å². The van der Waals surface area contributed by atoms with Gasteiger partial charge in [-0.15, -0.1) is 47.9 Å². The van der Waals surface area contributed by atoms with Crippen molar-refractivity contribution in [3.05, 3.63) is 246 Å². The van der Waals surface area contributed by atoms with E-state index in [0.29, 0.717) is 11.5 Å². The Morgan fingerprint density at radius 1 is 0.424 bits per heavy atom. The molecular weight excluding hydrogens is 1230 g/mol. The summed E-state index contributed by atoms with van der Waals surface area (Å²) in [6, 6.07) is 78.0. The second-order valence-electron chi connectivity index (χ2n) is 27.6. The molecule has 0 saturated carbocycles. The van der Waals surface area contributed by atoms with E-state index in [4.69, 9.17) is 9.72 Å². The van der Waals surface area contributed by atoms with Gasteiger partial charge in [0.2, 0.25) is 0 Å². The number of aryl methyl sites for hydroxylation is 2. The maximum absolute atomic E-state index is 7.09. The topological polar surface area (TPSA) is 31.8 Å². The molecule has 1 spiro atoms. The molecule has 9 aromatic carbocycles. The van der Waals surface area contributed by atoms with Crippen molar-refractivity contribution in [3.63, 3.8) is 0 Å². The van der Waals surface area contributed by atoms with Crippen molar-refractivity contribution >= 4 is 68.8 Å². The predicted molar refractivity (Wildman–Crippen MR) is 356 cm³/mol. The van der Waals surface area contributed by atoms with Crippen LogP contribution in [-0.2, 0) is 42.7 Å². The monoisotopic (exact) mass is 1310 g/mol. The van der Waals surface area contributed by atoms with Gasteiger partial charge >= 0.3 is 0 Å². The van der Waals surface area contributed by atoms with E-state index in [9.17, 15) is 0 Å². The Morgan fingerprint density at radius 3 is 1.59 bits per heavy atom. The van der Waals surface area contributed by atoms with Gasteiger partial charge in [0.25, 0.3) is 0 Å². The maximum atomic E-state index is 7.09. The first-order chi connectivity index (χ1) is 40.0. The Balaban J connectivity index is 0.00000709. The summed E-state index contributed by atoms with van der Waals surface area (Å²) in [5.74, 6) is 2.04. The van der Waals surface area contributed by atoms with E-state index < -0.39 is 8.07 Å². The van der Waals surface area contributed by atoms with E-state index in [1.54, 1.807) is 0 Å². The molecule has 7 heteroatoms. The fraction of sp³-hybridized carbons (Fsp3) is 0.231. The van der Waals surface area contributed by atoms with Crippen LogP contribution in [0.3, 0.4) is 0 Å². The Hall–Kier alpha value is -7.76. The SMILES string of the molecule is Cc1ccc2c(c1)-c1cc(C)ccc1[Si]21c2ccc(Oc3[c-]c(N4[CH-]N(c5c(-c6cccc(C(C)(C)C)c6)cccc5-c5cc(C(C)(C)C)cc(C(C)(C)C)c5)c5ccccc54)ccc3)[c-]c2N(c2cc(C(C)(C)C)ccn2)c2ccccc21.[Pt]. The van der Waals surface area contributed by atoms with E-state index >= 15 is 0 Å². The number of hydrogen-bond donors (Lipinski definition) is 0. The Kier molecular flexibility index (Phi) is 14.3. The molecule has 0 bridgehead atoms. The summed E-state index contributed by atoms with van der Waals surface area (Å²) < 4.78 is 7.09. The molecule has 0 N–H and O–H groups in total. The summed E-state index contributed by atoms with van der Waals surface area (Å²) >= 11 is 0. The number of hydrogen-bond acceptors (Lipinski definition) is 5. The molecule has 3 aliphatic heterocycles. The summed E-state index contributed by atoms with van der Waals surface area (Å²) in [4.78, 5) is 12.2. The van der Waals surface area contributed by atoms with E-state index in [0.717, 1.165) is 45.5 Å². The number of benzene rings is 9. The molecule has 0 radical (unpaired) electrons. The van der Waals surface area contributed by atoms with Gasteiger partial charge in [-0.3, -0.25) is 0 Å². The zero-order valence-corrected chi connectivity index (χ0v) is 54.8. The summed E-state index contributed by atoms with van der Waals surface area (Å²) in [6.07, 6.45) is 1.96. The van der Waals surface area contributed by atoms with Crippen molar-refractivity contribution in [1.82, 2.24) is 4.98 Å². The fourth-order valence-electron chi connectivity index (χ4n) is 12.9. The molecule has 1 aromatic heterocycles. The quantitative estimate of drug-likeness (QED) is 0.117. The van der Waals surface area contributed by atoms with Crippen LogP contribution in [0.4, 0.5) is 39.9 Å². The molecule has 0 saturated heterocycles. The Labute approximate surface area is 520 Å². The van der Waals surface area contributed by atoms with E-state index in [2.05, 4.69) is 312 Å². The smallest absolute Gasteiger partial charge is 0.135 e. The molecule has 4 heterocycles. The molecule has 10 aromatic rings. The number of para-hydroxylation sites is 4. The third-order valence-corrected chi connectivity index (χ3v) is 22.5. The minimum atomic E-state index is -2.95. The first kappa shape index (κ1) is 57.7. The minimum absolute atomic E-state index is 0. The van der Waals surface area contributed by atoms with Gasteiger partial charge in [-0.25, -0.2) is 4.98 Å². The van der Waals surface area contributed by atoms with Crippen molar-refractivity contribution in [1.29, 1.82) is 0 Å². The summed E-state index contributed by atoms with van der Waals surface area (Å²) in [7, 11) is -2.95. The molecule has 0 atom stereocenters. The van der Waals surface area contributed by atoms with Gasteiger partial charge in [-0.2, -0.15) is 12.1 Å². The second-order valence-corrected chi connectivity index (χ2v) is 31.3. The zero-order valence-electron chi connectivity index (χ0n) is 51.6. The number of rotatable bonds is 7.